The highest BCUT2D eigenvalue weighted by Crippen LogP contribution is 2.28. The molecule has 0 atom stereocenters. The summed E-state index contributed by atoms with van der Waals surface area (Å²) in [5.41, 5.74) is 6.29. The standard InChI is InChI=1S/C13H8BrClFNO/c14-10-5-4-9(12(16)11(10)15)13(18)7-2-1-3-8(17)6-7/h1-6H,17H2. The molecule has 0 saturated carbocycles. The normalized spacial score (nSPS) is 10.4. The highest BCUT2D eigenvalue weighted by molar-refractivity contribution is 9.10. The number of halogens is 3. The number of benzene rings is 2. The number of carbonyl (C=O) groups is 1. The van der Waals surface area contributed by atoms with Crippen molar-refractivity contribution < 1.29 is 9.18 Å². The molecule has 18 heavy (non-hydrogen) atoms. The molecule has 0 saturated heterocycles. The molecule has 2 nitrogen and oxygen atoms in total. The minimum atomic E-state index is -0.738. The Bertz CT molecular complexity index is 630. The van der Waals surface area contributed by atoms with Crippen LogP contribution in [0.3, 0.4) is 0 Å². The lowest BCUT2D eigenvalue weighted by atomic mass is 10.0. The Morgan fingerprint density at radius 3 is 2.67 bits per heavy atom. The third-order valence-electron chi connectivity index (χ3n) is 2.43. The molecule has 2 aromatic carbocycles. The third kappa shape index (κ3) is 2.40. The van der Waals surface area contributed by atoms with Crippen LogP contribution in [0, 0.1) is 5.82 Å². The van der Waals surface area contributed by atoms with Crippen LogP contribution in [0.15, 0.2) is 40.9 Å². The van der Waals surface area contributed by atoms with Crippen LogP contribution in [0.4, 0.5) is 10.1 Å². The molecule has 0 aliphatic heterocycles. The molecule has 0 fully saturated rings. The van der Waals surface area contributed by atoms with Crippen LogP contribution in [0.5, 0.6) is 0 Å². The maximum Gasteiger partial charge on any atom is 0.196 e. The van der Waals surface area contributed by atoms with Gasteiger partial charge in [0.15, 0.2) is 11.6 Å². The van der Waals surface area contributed by atoms with E-state index in [9.17, 15) is 9.18 Å². The highest BCUT2D eigenvalue weighted by Gasteiger charge is 2.17. The monoisotopic (exact) mass is 327 g/mol. The number of anilines is 1. The van der Waals surface area contributed by atoms with Crippen molar-refractivity contribution in [3.8, 4) is 0 Å². The van der Waals surface area contributed by atoms with E-state index in [1.165, 1.54) is 18.2 Å². The Labute approximate surface area is 117 Å². The lowest BCUT2D eigenvalue weighted by Gasteiger charge is -2.06. The van der Waals surface area contributed by atoms with Gasteiger partial charge in [-0.2, -0.15) is 0 Å². The Morgan fingerprint density at radius 1 is 1.28 bits per heavy atom. The maximum absolute atomic E-state index is 13.9. The highest BCUT2D eigenvalue weighted by atomic mass is 79.9. The van der Waals surface area contributed by atoms with Gasteiger partial charge in [-0.1, -0.05) is 23.7 Å². The van der Waals surface area contributed by atoms with Gasteiger partial charge in [0.1, 0.15) is 0 Å². The molecule has 0 amide bonds. The molecule has 5 heteroatoms. The molecular formula is C13H8BrClFNO. The molecule has 0 bridgehead atoms. The molecule has 2 aromatic rings. The number of hydrogen-bond donors (Lipinski definition) is 1. The summed E-state index contributed by atoms with van der Waals surface area (Å²) in [6.45, 7) is 0. The van der Waals surface area contributed by atoms with E-state index in [2.05, 4.69) is 15.9 Å². The van der Waals surface area contributed by atoms with Crippen LogP contribution in [0.25, 0.3) is 0 Å². The van der Waals surface area contributed by atoms with E-state index in [0.29, 0.717) is 15.7 Å². The van der Waals surface area contributed by atoms with Gasteiger partial charge in [-0.25, -0.2) is 4.39 Å². The van der Waals surface area contributed by atoms with Gasteiger partial charge in [-0.05, 0) is 40.2 Å². The van der Waals surface area contributed by atoms with Crippen LogP contribution in [0.2, 0.25) is 5.02 Å². The van der Waals surface area contributed by atoms with Gasteiger partial charge in [0.05, 0.1) is 10.6 Å². The van der Waals surface area contributed by atoms with Crippen molar-refractivity contribution in [2.45, 2.75) is 0 Å². The van der Waals surface area contributed by atoms with Gasteiger partial charge in [-0.15, -0.1) is 0 Å². The molecular weight excluding hydrogens is 321 g/mol. The molecule has 2 N–H and O–H groups in total. The Kier molecular flexibility index (Phi) is 3.68. The fourth-order valence-corrected chi connectivity index (χ4v) is 2.01. The van der Waals surface area contributed by atoms with E-state index in [0.717, 1.165) is 0 Å². The van der Waals surface area contributed by atoms with E-state index in [1.54, 1.807) is 18.2 Å². The summed E-state index contributed by atoms with van der Waals surface area (Å²) in [5, 5.41) is -0.107. The van der Waals surface area contributed by atoms with Crippen molar-refractivity contribution in [3.05, 3.63) is 62.8 Å². The number of ketones is 1. The van der Waals surface area contributed by atoms with Crippen molar-refractivity contribution in [3.63, 3.8) is 0 Å². The summed E-state index contributed by atoms with van der Waals surface area (Å²) >= 11 is 8.84. The summed E-state index contributed by atoms with van der Waals surface area (Å²) in [4.78, 5) is 12.1. The average molecular weight is 329 g/mol. The average Bonchev–Trinajstić information content (AvgIpc) is 2.35. The molecule has 2 rings (SSSR count). The first-order valence-electron chi connectivity index (χ1n) is 5.04. The second-order valence-corrected chi connectivity index (χ2v) is 4.91. The zero-order chi connectivity index (χ0) is 13.3. The predicted octanol–water partition coefficient (Wildman–Crippen LogP) is 4.05. The van der Waals surface area contributed by atoms with E-state index < -0.39 is 11.6 Å². The van der Waals surface area contributed by atoms with Gasteiger partial charge >= 0.3 is 0 Å². The Balaban J connectivity index is 2.50. The van der Waals surface area contributed by atoms with Gasteiger partial charge in [0.2, 0.25) is 0 Å². The maximum atomic E-state index is 13.9. The Hall–Kier alpha value is -1.39. The molecule has 0 aromatic heterocycles. The molecule has 92 valence electrons. The minimum Gasteiger partial charge on any atom is -0.399 e. The summed E-state index contributed by atoms with van der Waals surface area (Å²) in [5.74, 6) is -1.19. The van der Waals surface area contributed by atoms with Crippen molar-refractivity contribution in [2.24, 2.45) is 0 Å². The quantitative estimate of drug-likeness (QED) is 0.513. The fourth-order valence-electron chi connectivity index (χ4n) is 1.54. The van der Waals surface area contributed by atoms with Gasteiger partial charge in [0, 0.05) is 15.7 Å². The lowest BCUT2D eigenvalue weighted by Crippen LogP contribution is -2.05. The van der Waals surface area contributed by atoms with Gasteiger partial charge in [-0.3, -0.25) is 4.79 Å². The van der Waals surface area contributed by atoms with E-state index in [4.69, 9.17) is 17.3 Å². The second-order valence-electron chi connectivity index (χ2n) is 3.68. The van der Waals surface area contributed by atoms with E-state index in [1.807, 2.05) is 0 Å². The third-order valence-corrected chi connectivity index (χ3v) is 3.69. The van der Waals surface area contributed by atoms with Gasteiger partial charge < -0.3 is 5.73 Å². The molecule has 0 aliphatic rings. The van der Waals surface area contributed by atoms with Crippen LogP contribution >= 0.6 is 27.5 Å². The van der Waals surface area contributed by atoms with Crippen molar-refractivity contribution >= 4 is 39.0 Å². The molecule has 0 heterocycles. The van der Waals surface area contributed by atoms with Crippen molar-refractivity contribution in [1.82, 2.24) is 0 Å². The summed E-state index contributed by atoms with van der Waals surface area (Å²) in [7, 11) is 0. The largest absolute Gasteiger partial charge is 0.399 e. The topological polar surface area (TPSA) is 43.1 Å². The minimum absolute atomic E-state index is 0.0752. The number of rotatable bonds is 2. The predicted molar refractivity (Wildman–Crippen MR) is 73.4 cm³/mol. The molecule has 0 radical (unpaired) electrons. The van der Waals surface area contributed by atoms with Crippen LogP contribution in [0.1, 0.15) is 15.9 Å². The second kappa shape index (κ2) is 5.08. The fraction of sp³-hybridized carbons (Fsp3) is 0. The summed E-state index contributed by atoms with van der Waals surface area (Å²) in [6, 6.07) is 9.29. The van der Waals surface area contributed by atoms with Crippen molar-refractivity contribution in [2.75, 3.05) is 5.73 Å². The van der Waals surface area contributed by atoms with Crippen LogP contribution in [-0.4, -0.2) is 5.78 Å². The first-order chi connectivity index (χ1) is 8.50. The van der Waals surface area contributed by atoms with Crippen LogP contribution < -0.4 is 5.73 Å². The molecule has 0 aliphatic carbocycles. The van der Waals surface area contributed by atoms with Gasteiger partial charge in [0.25, 0.3) is 0 Å². The number of nitrogens with two attached hydrogens (primary N) is 1. The first-order valence-corrected chi connectivity index (χ1v) is 6.21. The van der Waals surface area contributed by atoms with Crippen LogP contribution in [-0.2, 0) is 0 Å². The molecule has 0 spiro atoms. The zero-order valence-electron chi connectivity index (χ0n) is 9.08. The summed E-state index contributed by atoms with van der Waals surface area (Å²) in [6.07, 6.45) is 0. The number of nitrogen functional groups attached to an aromatic ring is 1. The SMILES string of the molecule is Nc1cccc(C(=O)c2ccc(Br)c(Cl)c2F)c1. The van der Waals surface area contributed by atoms with E-state index >= 15 is 0 Å². The lowest BCUT2D eigenvalue weighted by molar-refractivity contribution is 0.103. The first kappa shape index (κ1) is 13.1. The molecule has 0 unspecified atom stereocenters. The Morgan fingerprint density at radius 2 is 2.00 bits per heavy atom. The zero-order valence-corrected chi connectivity index (χ0v) is 11.4. The smallest absolute Gasteiger partial charge is 0.196 e. The number of hydrogen-bond acceptors (Lipinski definition) is 2. The summed E-state index contributed by atoms with van der Waals surface area (Å²) < 4.78 is 14.3. The number of carbonyl (C=O) groups excluding carboxylic acids is 1. The van der Waals surface area contributed by atoms with E-state index in [-0.39, 0.29) is 10.6 Å². The van der Waals surface area contributed by atoms with Crippen molar-refractivity contribution in [1.29, 1.82) is 0 Å².